The highest BCUT2D eigenvalue weighted by atomic mass is 16.5. The predicted octanol–water partition coefficient (Wildman–Crippen LogP) is 0.001000. The molecule has 0 aromatic carbocycles. The Kier molecular flexibility index (Phi) is 2.84. The standard InChI is InChI=1S/C7H12O4/c8-4-5-2-1-3-6(11-5)7(9)10/h5-6,8H,1-4H2,(H,9,10). The van der Waals surface area contributed by atoms with E-state index in [0.717, 1.165) is 12.8 Å². The van der Waals surface area contributed by atoms with Gasteiger partial charge in [0.2, 0.25) is 0 Å². The quantitative estimate of drug-likeness (QED) is 0.596. The van der Waals surface area contributed by atoms with Gasteiger partial charge in [0.15, 0.2) is 6.10 Å². The fourth-order valence-corrected chi connectivity index (χ4v) is 1.22. The second kappa shape index (κ2) is 3.69. The molecule has 0 aliphatic carbocycles. The number of aliphatic carboxylic acids is 1. The van der Waals surface area contributed by atoms with Crippen molar-refractivity contribution in [2.75, 3.05) is 6.61 Å². The van der Waals surface area contributed by atoms with Crippen molar-refractivity contribution in [1.82, 2.24) is 0 Å². The van der Waals surface area contributed by atoms with E-state index in [9.17, 15) is 4.79 Å². The number of hydrogen-bond donors (Lipinski definition) is 2. The van der Waals surface area contributed by atoms with Gasteiger partial charge in [-0.15, -0.1) is 0 Å². The van der Waals surface area contributed by atoms with Crippen molar-refractivity contribution < 1.29 is 19.7 Å². The zero-order valence-electron chi connectivity index (χ0n) is 6.19. The molecule has 11 heavy (non-hydrogen) atoms. The molecule has 1 heterocycles. The molecule has 0 aromatic rings. The van der Waals surface area contributed by atoms with E-state index in [1.807, 2.05) is 0 Å². The highest BCUT2D eigenvalue weighted by Gasteiger charge is 2.26. The third kappa shape index (κ3) is 2.17. The molecule has 0 bridgehead atoms. The summed E-state index contributed by atoms with van der Waals surface area (Å²) in [6, 6.07) is 0. The lowest BCUT2D eigenvalue weighted by atomic mass is 10.0. The number of aliphatic hydroxyl groups is 1. The second-order valence-electron chi connectivity index (χ2n) is 2.70. The maximum absolute atomic E-state index is 10.4. The van der Waals surface area contributed by atoms with Crippen LogP contribution in [0.5, 0.6) is 0 Å². The van der Waals surface area contributed by atoms with Crippen molar-refractivity contribution in [3.8, 4) is 0 Å². The van der Waals surface area contributed by atoms with Gasteiger partial charge in [0.05, 0.1) is 12.7 Å². The van der Waals surface area contributed by atoms with E-state index in [0.29, 0.717) is 6.42 Å². The second-order valence-corrected chi connectivity index (χ2v) is 2.70. The molecule has 2 N–H and O–H groups in total. The van der Waals surface area contributed by atoms with Crippen LogP contribution in [0.25, 0.3) is 0 Å². The highest BCUT2D eigenvalue weighted by Crippen LogP contribution is 2.18. The molecular weight excluding hydrogens is 148 g/mol. The topological polar surface area (TPSA) is 66.8 Å². The van der Waals surface area contributed by atoms with Gasteiger partial charge >= 0.3 is 5.97 Å². The summed E-state index contributed by atoms with van der Waals surface area (Å²) >= 11 is 0. The third-order valence-corrected chi connectivity index (χ3v) is 1.83. The van der Waals surface area contributed by atoms with Gasteiger partial charge in [0.25, 0.3) is 0 Å². The van der Waals surface area contributed by atoms with E-state index in [1.54, 1.807) is 0 Å². The van der Waals surface area contributed by atoms with Crippen molar-refractivity contribution >= 4 is 5.97 Å². The van der Waals surface area contributed by atoms with Crippen LogP contribution in [-0.2, 0) is 9.53 Å². The number of aliphatic hydroxyl groups excluding tert-OH is 1. The molecule has 4 nitrogen and oxygen atoms in total. The minimum atomic E-state index is -0.928. The Labute approximate surface area is 64.8 Å². The van der Waals surface area contributed by atoms with Crippen molar-refractivity contribution in [1.29, 1.82) is 0 Å². The van der Waals surface area contributed by atoms with Crippen LogP contribution in [0.1, 0.15) is 19.3 Å². The number of rotatable bonds is 2. The maximum atomic E-state index is 10.4. The molecular formula is C7H12O4. The minimum absolute atomic E-state index is 0.0796. The predicted molar refractivity (Wildman–Crippen MR) is 37.2 cm³/mol. The Balaban J connectivity index is 2.39. The molecule has 1 fully saturated rings. The summed E-state index contributed by atoms with van der Waals surface area (Å²) < 4.78 is 5.05. The molecule has 1 rings (SSSR count). The number of carboxylic acids is 1. The van der Waals surface area contributed by atoms with E-state index >= 15 is 0 Å². The molecule has 1 saturated heterocycles. The molecule has 2 unspecified atom stereocenters. The van der Waals surface area contributed by atoms with Gasteiger partial charge in [-0.3, -0.25) is 0 Å². The summed E-state index contributed by atoms with van der Waals surface area (Å²) in [6.45, 7) is -0.0796. The summed E-state index contributed by atoms with van der Waals surface area (Å²) in [7, 11) is 0. The molecule has 1 aliphatic heterocycles. The Hall–Kier alpha value is -0.610. The smallest absolute Gasteiger partial charge is 0.332 e. The Bertz CT molecular complexity index is 145. The molecule has 1 aliphatic rings. The van der Waals surface area contributed by atoms with Crippen molar-refractivity contribution in [2.24, 2.45) is 0 Å². The summed E-state index contributed by atoms with van der Waals surface area (Å²) in [5.41, 5.74) is 0. The van der Waals surface area contributed by atoms with Crippen LogP contribution in [-0.4, -0.2) is 35.0 Å². The molecule has 64 valence electrons. The van der Waals surface area contributed by atoms with Crippen LogP contribution in [0.4, 0.5) is 0 Å². The van der Waals surface area contributed by atoms with Gasteiger partial charge < -0.3 is 14.9 Å². The van der Waals surface area contributed by atoms with E-state index < -0.39 is 12.1 Å². The lowest BCUT2D eigenvalue weighted by Crippen LogP contribution is -2.35. The van der Waals surface area contributed by atoms with Crippen molar-refractivity contribution in [3.05, 3.63) is 0 Å². The van der Waals surface area contributed by atoms with E-state index in [-0.39, 0.29) is 12.7 Å². The first kappa shape index (κ1) is 8.49. The van der Waals surface area contributed by atoms with E-state index in [1.165, 1.54) is 0 Å². The van der Waals surface area contributed by atoms with Crippen molar-refractivity contribution in [2.45, 2.75) is 31.5 Å². The van der Waals surface area contributed by atoms with Crippen LogP contribution < -0.4 is 0 Å². The average Bonchev–Trinajstić information content (AvgIpc) is 2.05. The normalized spacial score (nSPS) is 31.7. The zero-order chi connectivity index (χ0) is 8.27. The third-order valence-electron chi connectivity index (χ3n) is 1.83. The first-order valence-corrected chi connectivity index (χ1v) is 3.73. The largest absolute Gasteiger partial charge is 0.479 e. The summed E-state index contributed by atoms with van der Waals surface area (Å²) in [6.07, 6.45) is 1.17. The van der Waals surface area contributed by atoms with Gasteiger partial charge in [-0.25, -0.2) is 4.79 Å². The van der Waals surface area contributed by atoms with Gasteiger partial charge in [-0.2, -0.15) is 0 Å². The molecule has 4 heteroatoms. The maximum Gasteiger partial charge on any atom is 0.332 e. The lowest BCUT2D eigenvalue weighted by molar-refractivity contribution is -0.161. The van der Waals surface area contributed by atoms with Crippen LogP contribution in [0.15, 0.2) is 0 Å². The highest BCUT2D eigenvalue weighted by molar-refractivity contribution is 5.72. The average molecular weight is 160 g/mol. The van der Waals surface area contributed by atoms with Gasteiger partial charge in [-0.05, 0) is 19.3 Å². The molecule has 0 amide bonds. The fourth-order valence-electron chi connectivity index (χ4n) is 1.22. The Morgan fingerprint density at radius 3 is 2.82 bits per heavy atom. The Morgan fingerprint density at radius 1 is 1.55 bits per heavy atom. The Morgan fingerprint density at radius 2 is 2.27 bits per heavy atom. The van der Waals surface area contributed by atoms with E-state index in [4.69, 9.17) is 14.9 Å². The zero-order valence-corrected chi connectivity index (χ0v) is 6.19. The fraction of sp³-hybridized carbons (Fsp3) is 0.857. The molecule has 0 aromatic heterocycles. The number of carboxylic acid groups (broad SMARTS) is 1. The van der Waals surface area contributed by atoms with Crippen molar-refractivity contribution in [3.63, 3.8) is 0 Å². The number of ether oxygens (including phenoxy) is 1. The molecule has 2 atom stereocenters. The first-order chi connectivity index (χ1) is 5.24. The lowest BCUT2D eigenvalue weighted by Gasteiger charge is -2.25. The van der Waals surface area contributed by atoms with Crippen LogP contribution >= 0.6 is 0 Å². The summed E-state index contributed by atoms with van der Waals surface area (Å²) in [5, 5.41) is 17.2. The molecule has 0 spiro atoms. The van der Waals surface area contributed by atoms with Gasteiger partial charge in [0.1, 0.15) is 0 Å². The number of hydrogen-bond acceptors (Lipinski definition) is 3. The van der Waals surface area contributed by atoms with Crippen LogP contribution in [0, 0.1) is 0 Å². The summed E-state index contributed by atoms with van der Waals surface area (Å²) in [5.74, 6) is -0.928. The van der Waals surface area contributed by atoms with Gasteiger partial charge in [0, 0.05) is 0 Å². The monoisotopic (exact) mass is 160 g/mol. The number of carbonyl (C=O) groups is 1. The van der Waals surface area contributed by atoms with Crippen LogP contribution in [0.2, 0.25) is 0 Å². The minimum Gasteiger partial charge on any atom is -0.479 e. The first-order valence-electron chi connectivity index (χ1n) is 3.73. The van der Waals surface area contributed by atoms with Crippen LogP contribution in [0.3, 0.4) is 0 Å². The van der Waals surface area contributed by atoms with E-state index in [2.05, 4.69) is 0 Å². The van der Waals surface area contributed by atoms with Gasteiger partial charge in [-0.1, -0.05) is 0 Å². The molecule has 0 saturated carbocycles. The molecule has 0 radical (unpaired) electrons. The summed E-state index contributed by atoms with van der Waals surface area (Å²) in [4.78, 5) is 10.4. The SMILES string of the molecule is O=C(O)C1CCCC(CO)O1.